The molecule has 0 aliphatic carbocycles. The first-order chi connectivity index (χ1) is 22.1. The van der Waals surface area contributed by atoms with Gasteiger partial charge in [-0.3, -0.25) is 19.1 Å². The molecule has 2 aromatic carbocycles. The standard InChI is InChI=1S/C34H35N9O2/c1-2-30(45)42-19-17-41(18-20-42)16-14-26(21-36-23-44)24-10-12-27(13-11-24)43-33(28-9-6-15-37-31(28)35)40-32-34(43)39-29(22-38-32)25-7-4-3-5-8-25/h2-13,15,22-23,26H,1,14,16-21H2,(H2,35,37)(H,36,44). The number of anilines is 1. The molecule has 11 heteroatoms. The second kappa shape index (κ2) is 13.5. The summed E-state index contributed by atoms with van der Waals surface area (Å²) in [6.45, 7) is 7.98. The third-order valence-corrected chi connectivity index (χ3v) is 8.24. The molecule has 1 atom stereocenters. The summed E-state index contributed by atoms with van der Waals surface area (Å²) in [5, 5.41) is 2.87. The van der Waals surface area contributed by atoms with Crippen LogP contribution in [-0.4, -0.2) is 85.9 Å². The predicted molar refractivity (Wildman–Crippen MR) is 174 cm³/mol. The van der Waals surface area contributed by atoms with Crippen LogP contribution in [0.1, 0.15) is 17.9 Å². The van der Waals surface area contributed by atoms with Crippen LogP contribution in [0.3, 0.4) is 0 Å². The average molecular weight is 602 g/mol. The molecule has 0 saturated carbocycles. The topological polar surface area (TPSA) is 135 Å². The minimum Gasteiger partial charge on any atom is -0.383 e. The number of hydrogen-bond acceptors (Lipinski definition) is 8. The second-order valence-corrected chi connectivity index (χ2v) is 10.9. The molecule has 6 rings (SSSR count). The molecule has 0 spiro atoms. The maximum atomic E-state index is 12.0. The lowest BCUT2D eigenvalue weighted by Gasteiger charge is -2.35. The number of carbonyl (C=O) groups is 2. The van der Waals surface area contributed by atoms with Crippen molar-refractivity contribution in [2.45, 2.75) is 12.3 Å². The number of rotatable bonds is 11. The predicted octanol–water partition coefficient (Wildman–Crippen LogP) is 3.68. The monoisotopic (exact) mass is 601 g/mol. The van der Waals surface area contributed by atoms with Crippen LogP contribution < -0.4 is 11.1 Å². The van der Waals surface area contributed by atoms with Crippen LogP contribution in [0.25, 0.3) is 39.6 Å². The van der Waals surface area contributed by atoms with E-state index in [4.69, 9.17) is 15.7 Å². The number of amides is 2. The van der Waals surface area contributed by atoms with Crippen LogP contribution in [0.5, 0.6) is 0 Å². The van der Waals surface area contributed by atoms with E-state index in [0.717, 1.165) is 55.0 Å². The van der Waals surface area contributed by atoms with E-state index in [9.17, 15) is 9.59 Å². The van der Waals surface area contributed by atoms with Crippen molar-refractivity contribution < 1.29 is 9.59 Å². The Labute approximate surface area is 261 Å². The number of piperazine rings is 1. The Hall–Kier alpha value is -5.42. The van der Waals surface area contributed by atoms with Gasteiger partial charge in [0.1, 0.15) is 5.82 Å². The number of nitrogen functional groups attached to an aromatic ring is 1. The van der Waals surface area contributed by atoms with Crippen molar-refractivity contribution in [2.75, 3.05) is 45.0 Å². The molecular weight excluding hydrogens is 566 g/mol. The van der Waals surface area contributed by atoms with Gasteiger partial charge in [-0.05, 0) is 48.9 Å². The highest BCUT2D eigenvalue weighted by Gasteiger charge is 2.22. The molecule has 0 radical (unpaired) electrons. The summed E-state index contributed by atoms with van der Waals surface area (Å²) in [5.74, 6) is 1.05. The number of benzene rings is 2. The van der Waals surface area contributed by atoms with Gasteiger partial charge in [0, 0.05) is 56.1 Å². The van der Waals surface area contributed by atoms with E-state index < -0.39 is 0 Å². The smallest absolute Gasteiger partial charge is 0.246 e. The molecule has 5 aromatic rings. The zero-order valence-corrected chi connectivity index (χ0v) is 24.9. The molecule has 3 aromatic heterocycles. The Bertz CT molecular complexity index is 1800. The maximum Gasteiger partial charge on any atom is 0.246 e. The normalized spacial score (nSPS) is 14.3. The molecule has 4 heterocycles. The summed E-state index contributed by atoms with van der Waals surface area (Å²) in [4.78, 5) is 46.2. The highest BCUT2D eigenvalue weighted by atomic mass is 16.2. The summed E-state index contributed by atoms with van der Waals surface area (Å²) in [5.41, 5.74) is 11.8. The summed E-state index contributed by atoms with van der Waals surface area (Å²) in [6.07, 6.45) is 6.35. The summed E-state index contributed by atoms with van der Waals surface area (Å²) in [7, 11) is 0. The molecule has 3 N–H and O–H groups in total. The lowest BCUT2D eigenvalue weighted by molar-refractivity contribution is -0.127. The van der Waals surface area contributed by atoms with Gasteiger partial charge in [-0.25, -0.2) is 19.9 Å². The zero-order chi connectivity index (χ0) is 31.2. The van der Waals surface area contributed by atoms with Gasteiger partial charge in [-0.2, -0.15) is 0 Å². The van der Waals surface area contributed by atoms with Crippen LogP contribution in [0.4, 0.5) is 5.82 Å². The molecular formula is C34H35N9O2. The average Bonchev–Trinajstić information content (AvgIpc) is 3.47. The van der Waals surface area contributed by atoms with Crippen LogP contribution in [0, 0.1) is 0 Å². The fourth-order valence-corrected chi connectivity index (χ4v) is 5.76. The van der Waals surface area contributed by atoms with Gasteiger partial charge in [0.2, 0.25) is 12.3 Å². The first-order valence-corrected chi connectivity index (χ1v) is 15.0. The number of carbonyl (C=O) groups excluding carboxylic acids is 2. The summed E-state index contributed by atoms with van der Waals surface area (Å²) < 4.78 is 1.97. The van der Waals surface area contributed by atoms with Crippen molar-refractivity contribution in [1.29, 1.82) is 0 Å². The number of nitrogens with one attached hydrogen (secondary N) is 1. The van der Waals surface area contributed by atoms with Crippen LogP contribution >= 0.6 is 0 Å². The van der Waals surface area contributed by atoms with E-state index in [-0.39, 0.29) is 11.8 Å². The van der Waals surface area contributed by atoms with Crippen molar-refractivity contribution in [3.05, 3.63) is 97.3 Å². The highest BCUT2D eigenvalue weighted by Crippen LogP contribution is 2.31. The van der Waals surface area contributed by atoms with Gasteiger partial charge < -0.3 is 16.0 Å². The Morgan fingerprint density at radius 2 is 1.76 bits per heavy atom. The van der Waals surface area contributed by atoms with Crippen molar-refractivity contribution in [2.24, 2.45) is 0 Å². The Morgan fingerprint density at radius 3 is 2.47 bits per heavy atom. The fraction of sp³-hybridized carbons (Fsp3) is 0.235. The number of nitrogens with two attached hydrogens (primary N) is 1. The Morgan fingerprint density at radius 1 is 0.978 bits per heavy atom. The van der Waals surface area contributed by atoms with Gasteiger partial charge in [0.05, 0.1) is 17.5 Å². The lowest BCUT2D eigenvalue weighted by atomic mass is 9.95. The van der Waals surface area contributed by atoms with Crippen LogP contribution in [-0.2, 0) is 9.59 Å². The van der Waals surface area contributed by atoms with Crippen molar-refractivity contribution in [1.82, 2.24) is 39.6 Å². The number of imidazole rings is 1. The van der Waals surface area contributed by atoms with Gasteiger partial charge in [0.15, 0.2) is 17.1 Å². The van der Waals surface area contributed by atoms with E-state index in [1.807, 2.05) is 64.1 Å². The first kappa shape index (κ1) is 29.6. The fourth-order valence-electron chi connectivity index (χ4n) is 5.76. The van der Waals surface area contributed by atoms with Gasteiger partial charge >= 0.3 is 0 Å². The number of aromatic nitrogens is 5. The zero-order valence-electron chi connectivity index (χ0n) is 24.9. The summed E-state index contributed by atoms with van der Waals surface area (Å²) >= 11 is 0. The largest absolute Gasteiger partial charge is 0.383 e. The third-order valence-electron chi connectivity index (χ3n) is 8.24. The van der Waals surface area contributed by atoms with Crippen molar-refractivity contribution >= 4 is 29.4 Å². The molecule has 1 aliphatic rings. The molecule has 2 amide bonds. The molecule has 45 heavy (non-hydrogen) atoms. The number of pyridine rings is 1. The minimum atomic E-state index is -0.0230. The maximum absolute atomic E-state index is 12.0. The molecule has 228 valence electrons. The second-order valence-electron chi connectivity index (χ2n) is 10.9. The van der Waals surface area contributed by atoms with Crippen molar-refractivity contribution in [3.63, 3.8) is 0 Å². The van der Waals surface area contributed by atoms with Crippen molar-refractivity contribution in [3.8, 4) is 28.3 Å². The molecule has 1 saturated heterocycles. The number of nitrogens with zero attached hydrogens (tertiary/aromatic N) is 7. The Kier molecular flexibility index (Phi) is 8.88. The van der Waals surface area contributed by atoms with Gasteiger partial charge in [-0.15, -0.1) is 0 Å². The molecule has 1 unspecified atom stereocenters. The van der Waals surface area contributed by atoms with Gasteiger partial charge in [-0.1, -0.05) is 49.0 Å². The number of hydrogen-bond donors (Lipinski definition) is 2. The highest BCUT2D eigenvalue weighted by molar-refractivity contribution is 5.87. The van der Waals surface area contributed by atoms with Crippen LogP contribution in [0.15, 0.2) is 91.8 Å². The number of fused-ring (bicyclic) bond motifs is 1. The van der Waals surface area contributed by atoms with E-state index in [2.05, 4.69) is 38.9 Å². The molecule has 11 nitrogen and oxygen atoms in total. The first-order valence-electron chi connectivity index (χ1n) is 15.0. The SMILES string of the molecule is C=CC(=O)N1CCN(CCC(CNC=O)c2ccc(-n3c(-c4cccnc4N)nc4ncc(-c5ccccc5)nc43)cc2)CC1. The van der Waals surface area contributed by atoms with Gasteiger partial charge in [0.25, 0.3) is 0 Å². The quantitative estimate of drug-likeness (QED) is 0.173. The molecule has 0 bridgehead atoms. The molecule has 1 fully saturated rings. The lowest BCUT2D eigenvalue weighted by Crippen LogP contribution is -2.48. The Balaban J connectivity index is 1.31. The van der Waals surface area contributed by atoms with E-state index >= 15 is 0 Å². The summed E-state index contributed by atoms with van der Waals surface area (Å²) in [6, 6.07) is 21.9. The van der Waals surface area contributed by atoms with E-state index in [1.54, 1.807) is 12.4 Å². The van der Waals surface area contributed by atoms with Crippen LogP contribution in [0.2, 0.25) is 0 Å². The molecule has 1 aliphatic heterocycles. The van der Waals surface area contributed by atoms with E-state index in [1.165, 1.54) is 6.08 Å². The third kappa shape index (κ3) is 6.43. The van der Waals surface area contributed by atoms with E-state index in [0.29, 0.717) is 48.1 Å². The minimum absolute atomic E-state index is 0.0230.